The Morgan fingerprint density at radius 2 is 1.79 bits per heavy atom. The van der Waals surface area contributed by atoms with E-state index in [2.05, 4.69) is 10.3 Å². The lowest BCUT2D eigenvalue weighted by Gasteiger charge is -2.43. The van der Waals surface area contributed by atoms with Gasteiger partial charge in [0.25, 0.3) is 5.91 Å². The molecule has 2 aromatic carbocycles. The molecule has 2 aliphatic heterocycles. The zero-order valence-electron chi connectivity index (χ0n) is 24.8. The number of esters is 1. The quantitative estimate of drug-likeness (QED) is 0.220. The first-order chi connectivity index (χ1) is 22.5. The number of carbonyl (C=O) groups excluding carboxylic acids is 4. The Balaban J connectivity index is 1.17. The highest BCUT2D eigenvalue weighted by molar-refractivity contribution is 8.00. The predicted molar refractivity (Wildman–Crippen MR) is 171 cm³/mol. The molecule has 3 N–H and O–H groups in total. The van der Waals surface area contributed by atoms with Crippen LogP contribution in [-0.2, 0) is 23.9 Å². The maximum atomic E-state index is 13.5. The van der Waals surface area contributed by atoms with Crippen molar-refractivity contribution in [2.24, 2.45) is 29.6 Å². The van der Waals surface area contributed by atoms with Gasteiger partial charge < -0.3 is 24.9 Å². The highest BCUT2D eigenvalue weighted by Crippen LogP contribution is 2.69. The van der Waals surface area contributed by atoms with Gasteiger partial charge in [-0.1, -0.05) is 22.9 Å². The van der Waals surface area contributed by atoms with E-state index in [-0.39, 0.29) is 41.1 Å². The lowest BCUT2D eigenvalue weighted by Crippen LogP contribution is -2.42. The minimum absolute atomic E-state index is 0.127. The molecule has 3 fully saturated rings. The fourth-order valence-electron chi connectivity index (χ4n) is 7.86. The average Bonchev–Trinajstić information content (AvgIpc) is 3.77. The maximum Gasteiger partial charge on any atom is 0.338 e. The largest absolute Gasteiger partial charge is 0.483 e. The van der Waals surface area contributed by atoms with E-state index in [0.717, 1.165) is 21.1 Å². The number of H-pyrrole nitrogens is 1. The monoisotopic (exact) mass is 697 g/mol. The van der Waals surface area contributed by atoms with Gasteiger partial charge >= 0.3 is 16.8 Å². The molecule has 7 atom stereocenters. The molecule has 0 spiro atoms. The van der Waals surface area contributed by atoms with Gasteiger partial charge in [0, 0.05) is 32.3 Å². The summed E-state index contributed by atoms with van der Waals surface area (Å²) in [4.78, 5) is 80.1. The van der Waals surface area contributed by atoms with E-state index < -0.39 is 54.0 Å². The molecule has 2 bridgehead atoms. The number of halogens is 1. The Bertz CT molecular complexity index is 1880. The van der Waals surface area contributed by atoms with E-state index in [1.165, 1.54) is 11.8 Å². The van der Waals surface area contributed by atoms with Crippen molar-refractivity contribution >= 4 is 70.0 Å². The highest BCUT2D eigenvalue weighted by atomic mass is 35.5. The Morgan fingerprint density at radius 3 is 2.49 bits per heavy atom. The molecule has 6 unspecified atom stereocenters. The zero-order chi connectivity index (χ0) is 33.1. The van der Waals surface area contributed by atoms with Gasteiger partial charge in [-0.3, -0.25) is 28.9 Å². The molecule has 0 radical (unpaired) electrons. The highest BCUT2D eigenvalue weighted by Gasteiger charge is 2.69. The topological polar surface area (TPSA) is 172 Å². The van der Waals surface area contributed by atoms with Crippen LogP contribution in [0.1, 0.15) is 40.1 Å². The molecule has 2 aliphatic carbocycles. The number of hydrogen-bond acceptors (Lipinski definition) is 10. The van der Waals surface area contributed by atoms with Crippen LogP contribution in [0.15, 0.2) is 52.3 Å². The standard InChI is InChI=1S/C32H28ClN3O9S2/c1-2-44-31(42)13-3-6-15(7-4-13)34-20(37)12-45-19-8-5-14(33)9-16(19)22-23-17-10-18(26(23)46-28-27(22)47-32(43)35-28)25-24(17)29(40)36(30(25)41)11-21(38)39/h3-9,17-18,22-26H,2,10-12H2,1H3,(H,34,37)(H,35,43)(H,38,39)/t17?,18?,22-,23?,24?,25?,26?/m1/s1. The molecule has 4 aliphatic rings. The second kappa shape index (κ2) is 12.1. The van der Waals surface area contributed by atoms with Crippen molar-refractivity contribution in [1.82, 2.24) is 9.88 Å². The molecule has 3 aromatic rings. The van der Waals surface area contributed by atoms with Gasteiger partial charge in [-0.25, -0.2) is 4.79 Å². The summed E-state index contributed by atoms with van der Waals surface area (Å²) < 4.78 is 11.1. The number of fused-ring (bicyclic) bond motifs is 9. The Kier molecular flexibility index (Phi) is 8.13. The minimum atomic E-state index is -1.25. The SMILES string of the molecule is CCOC(=O)c1ccc(NC(=O)COc2ccc(Cl)cc2[C@H]2c3sc(=O)[nH]c3SC3C4CC(C5C(=O)N(CC(=O)O)C(=O)C45)C32)cc1. The summed E-state index contributed by atoms with van der Waals surface area (Å²) in [7, 11) is 0. The molecular weight excluding hydrogens is 670 g/mol. The molecular formula is C32H28ClN3O9S2. The van der Waals surface area contributed by atoms with Crippen molar-refractivity contribution in [2.75, 3.05) is 25.1 Å². The van der Waals surface area contributed by atoms with Gasteiger partial charge in [0.2, 0.25) is 11.8 Å². The normalized spacial score (nSPS) is 26.9. The molecule has 244 valence electrons. The van der Waals surface area contributed by atoms with Crippen LogP contribution in [0.5, 0.6) is 5.75 Å². The third-order valence-electron chi connectivity index (χ3n) is 9.45. The van der Waals surface area contributed by atoms with Crippen molar-refractivity contribution < 1.29 is 38.6 Å². The second-order valence-electron chi connectivity index (χ2n) is 11.9. The van der Waals surface area contributed by atoms with Crippen LogP contribution >= 0.6 is 34.7 Å². The number of ether oxygens (including phenoxy) is 2. The number of hydrogen-bond donors (Lipinski definition) is 3. The number of thioether (sulfide) groups is 1. The van der Waals surface area contributed by atoms with Crippen molar-refractivity contribution in [3.63, 3.8) is 0 Å². The number of carbonyl (C=O) groups is 5. The van der Waals surface area contributed by atoms with Gasteiger partial charge in [0.05, 0.1) is 29.0 Å². The first kappa shape index (κ1) is 31.5. The van der Waals surface area contributed by atoms with Crippen LogP contribution in [0.25, 0.3) is 0 Å². The summed E-state index contributed by atoms with van der Waals surface area (Å²) >= 11 is 9.08. The van der Waals surface area contributed by atoms with Crippen LogP contribution in [0.2, 0.25) is 5.02 Å². The molecule has 15 heteroatoms. The minimum Gasteiger partial charge on any atom is -0.483 e. The fraction of sp³-hybridized carbons (Fsp3) is 0.375. The number of imide groups is 1. The second-order valence-corrected chi connectivity index (χ2v) is 14.6. The number of aliphatic carboxylic acids is 1. The molecule has 1 aromatic heterocycles. The van der Waals surface area contributed by atoms with Crippen LogP contribution < -0.4 is 14.9 Å². The van der Waals surface area contributed by atoms with Gasteiger partial charge in [-0.05, 0) is 73.6 Å². The number of thiazole rings is 1. The number of anilines is 1. The summed E-state index contributed by atoms with van der Waals surface area (Å²) in [5.41, 5.74) is 1.47. The summed E-state index contributed by atoms with van der Waals surface area (Å²) in [5.74, 6) is -4.95. The van der Waals surface area contributed by atoms with Crippen LogP contribution in [0.3, 0.4) is 0 Å². The summed E-state index contributed by atoms with van der Waals surface area (Å²) in [5, 5.41) is 13.1. The molecule has 3 amide bonds. The number of carboxylic acids is 1. The van der Waals surface area contributed by atoms with E-state index in [0.29, 0.717) is 39.0 Å². The van der Waals surface area contributed by atoms with E-state index in [1.807, 2.05) is 0 Å². The predicted octanol–water partition coefficient (Wildman–Crippen LogP) is 3.84. The number of nitrogens with one attached hydrogen (secondary N) is 2. The first-order valence-electron chi connectivity index (χ1n) is 15.0. The molecule has 47 heavy (non-hydrogen) atoms. The Hall–Kier alpha value is -4.14. The first-order valence-corrected chi connectivity index (χ1v) is 17.1. The fourth-order valence-corrected chi connectivity index (χ4v) is 10.9. The van der Waals surface area contributed by atoms with Gasteiger partial charge in [-0.2, -0.15) is 0 Å². The van der Waals surface area contributed by atoms with E-state index >= 15 is 0 Å². The van der Waals surface area contributed by atoms with Crippen molar-refractivity contribution in [2.45, 2.75) is 29.5 Å². The van der Waals surface area contributed by atoms with E-state index in [9.17, 15) is 33.9 Å². The van der Waals surface area contributed by atoms with E-state index in [1.54, 1.807) is 49.4 Å². The number of nitrogens with zero attached hydrogens (tertiary/aromatic N) is 1. The number of likely N-dealkylation sites (tertiary alicyclic amines) is 1. The summed E-state index contributed by atoms with van der Waals surface area (Å²) in [6, 6.07) is 11.3. The molecule has 2 saturated carbocycles. The van der Waals surface area contributed by atoms with Crippen LogP contribution in [0.4, 0.5) is 5.69 Å². The van der Waals surface area contributed by atoms with Crippen molar-refractivity contribution in [3.05, 3.63) is 73.2 Å². The number of rotatable bonds is 9. The Morgan fingerprint density at radius 1 is 1.06 bits per heavy atom. The number of benzene rings is 2. The lowest BCUT2D eigenvalue weighted by atomic mass is 9.68. The summed E-state index contributed by atoms with van der Waals surface area (Å²) in [6.45, 7) is 0.943. The molecule has 1 saturated heterocycles. The van der Waals surface area contributed by atoms with Gasteiger partial charge in [0.1, 0.15) is 12.3 Å². The van der Waals surface area contributed by atoms with Crippen molar-refractivity contribution in [3.8, 4) is 5.75 Å². The third-order valence-corrected chi connectivity index (χ3v) is 12.3. The molecule has 3 heterocycles. The Labute approximate surface area is 280 Å². The van der Waals surface area contributed by atoms with Crippen LogP contribution in [-0.4, -0.2) is 69.7 Å². The number of amides is 3. The average molecular weight is 698 g/mol. The lowest BCUT2D eigenvalue weighted by molar-refractivity contribution is -0.149. The molecule has 7 rings (SSSR count). The van der Waals surface area contributed by atoms with E-state index in [4.69, 9.17) is 21.1 Å². The van der Waals surface area contributed by atoms with Gasteiger partial charge in [0.15, 0.2) is 6.61 Å². The maximum absolute atomic E-state index is 13.5. The number of aromatic nitrogens is 1. The zero-order valence-corrected chi connectivity index (χ0v) is 27.2. The smallest absolute Gasteiger partial charge is 0.338 e. The summed E-state index contributed by atoms with van der Waals surface area (Å²) in [6.07, 6.45) is 0.625. The van der Waals surface area contributed by atoms with Gasteiger partial charge in [-0.15, -0.1) is 11.8 Å². The van der Waals surface area contributed by atoms with Crippen LogP contribution in [0, 0.1) is 29.6 Å². The third kappa shape index (κ3) is 5.41. The van der Waals surface area contributed by atoms with Crippen molar-refractivity contribution in [1.29, 1.82) is 0 Å². The number of aromatic amines is 1. The molecule has 12 nitrogen and oxygen atoms in total. The number of carboxylic acid groups (broad SMARTS) is 1.